The fourth-order valence-corrected chi connectivity index (χ4v) is 3.37. The largest absolute Gasteiger partial charge is 0.496 e. The lowest BCUT2D eigenvalue weighted by atomic mass is 10.1. The molecule has 0 atom stereocenters. The Morgan fingerprint density at radius 1 is 1.40 bits per heavy atom. The average molecular weight is 294 g/mol. The molecule has 108 valence electrons. The standard InChI is InChI=1S/C15H19FN2OS/c1-9(2)14-12(8-17-3)20-15(18-14)13-10(16)6-5-7-11(13)19-4/h5-7,9,17H,8H2,1-4H3. The van der Waals surface area contributed by atoms with E-state index < -0.39 is 0 Å². The SMILES string of the molecule is CNCc1sc(-c2c(F)cccc2OC)nc1C(C)C. The van der Waals surface area contributed by atoms with Crippen molar-refractivity contribution >= 4 is 11.3 Å². The first-order chi connectivity index (χ1) is 9.58. The van der Waals surface area contributed by atoms with Gasteiger partial charge in [-0.2, -0.15) is 0 Å². The molecule has 1 aromatic carbocycles. The van der Waals surface area contributed by atoms with Crippen LogP contribution in [0.3, 0.4) is 0 Å². The molecule has 2 rings (SSSR count). The zero-order valence-electron chi connectivity index (χ0n) is 12.2. The Labute approximate surface area is 122 Å². The Morgan fingerprint density at radius 3 is 2.75 bits per heavy atom. The van der Waals surface area contributed by atoms with E-state index in [0.717, 1.165) is 17.1 Å². The number of hydrogen-bond acceptors (Lipinski definition) is 4. The van der Waals surface area contributed by atoms with Gasteiger partial charge in [-0.1, -0.05) is 19.9 Å². The van der Waals surface area contributed by atoms with E-state index in [1.54, 1.807) is 19.2 Å². The number of aromatic nitrogens is 1. The topological polar surface area (TPSA) is 34.1 Å². The minimum atomic E-state index is -0.301. The number of thiazole rings is 1. The Bertz CT molecular complexity index is 596. The summed E-state index contributed by atoms with van der Waals surface area (Å²) in [5, 5.41) is 3.81. The van der Waals surface area contributed by atoms with Gasteiger partial charge in [-0.3, -0.25) is 0 Å². The molecular formula is C15H19FN2OS. The lowest BCUT2D eigenvalue weighted by Gasteiger charge is -2.06. The van der Waals surface area contributed by atoms with Gasteiger partial charge in [0.25, 0.3) is 0 Å². The Kier molecular flexibility index (Phi) is 4.73. The maximum Gasteiger partial charge on any atom is 0.137 e. The number of halogens is 1. The second-order valence-electron chi connectivity index (χ2n) is 4.83. The third-order valence-corrected chi connectivity index (χ3v) is 4.11. The van der Waals surface area contributed by atoms with Gasteiger partial charge in [0.05, 0.1) is 18.4 Å². The number of ether oxygens (including phenoxy) is 1. The van der Waals surface area contributed by atoms with Gasteiger partial charge in [-0.25, -0.2) is 9.37 Å². The van der Waals surface area contributed by atoms with Gasteiger partial charge in [0.1, 0.15) is 16.6 Å². The molecule has 1 aromatic heterocycles. The van der Waals surface area contributed by atoms with Crippen LogP contribution < -0.4 is 10.1 Å². The van der Waals surface area contributed by atoms with Crippen LogP contribution in [0.15, 0.2) is 18.2 Å². The van der Waals surface area contributed by atoms with Crippen LogP contribution in [0.25, 0.3) is 10.6 Å². The Morgan fingerprint density at radius 2 is 2.15 bits per heavy atom. The fourth-order valence-electron chi connectivity index (χ4n) is 2.09. The number of benzene rings is 1. The molecule has 3 nitrogen and oxygen atoms in total. The maximum atomic E-state index is 14.1. The van der Waals surface area contributed by atoms with Gasteiger partial charge >= 0.3 is 0 Å². The van der Waals surface area contributed by atoms with E-state index in [4.69, 9.17) is 4.74 Å². The highest BCUT2D eigenvalue weighted by Crippen LogP contribution is 2.38. The number of hydrogen-bond donors (Lipinski definition) is 1. The van der Waals surface area contributed by atoms with E-state index in [0.29, 0.717) is 22.2 Å². The normalized spacial score (nSPS) is 11.1. The van der Waals surface area contributed by atoms with Crippen molar-refractivity contribution in [3.8, 4) is 16.3 Å². The molecule has 0 radical (unpaired) electrons. The van der Waals surface area contributed by atoms with Crippen molar-refractivity contribution in [2.45, 2.75) is 26.3 Å². The fraction of sp³-hybridized carbons (Fsp3) is 0.400. The molecule has 0 spiro atoms. The molecule has 20 heavy (non-hydrogen) atoms. The third kappa shape index (κ3) is 2.83. The first kappa shape index (κ1) is 14.9. The second kappa shape index (κ2) is 6.33. The van der Waals surface area contributed by atoms with E-state index in [1.807, 2.05) is 7.05 Å². The number of rotatable bonds is 5. The van der Waals surface area contributed by atoms with E-state index in [2.05, 4.69) is 24.1 Å². The second-order valence-corrected chi connectivity index (χ2v) is 5.91. The molecule has 0 saturated heterocycles. The highest BCUT2D eigenvalue weighted by Gasteiger charge is 2.19. The van der Waals surface area contributed by atoms with Gasteiger partial charge in [-0.05, 0) is 25.1 Å². The van der Waals surface area contributed by atoms with Crippen molar-refractivity contribution in [2.75, 3.05) is 14.2 Å². The van der Waals surface area contributed by atoms with E-state index in [-0.39, 0.29) is 5.82 Å². The first-order valence-corrected chi connectivity index (χ1v) is 7.37. The number of nitrogens with zero attached hydrogens (tertiary/aromatic N) is 1. The predicted octanol–water partition coefficient (Wildman–Crippen LogP) is 3.80. The van der Waals surface area contributed by atoms with Crippen molar-refractivity contribution in [1.82, 2.24) is 10.3 Å². The van der Waals surface area contributed by atoms with E-state index >= 15 is 0 Å². The van der Waals surface area contributed by atoms with E-state index in [9.17, 15) is 4.39 Å². The Balaban J connectivity index is 2.56. The summed E-state index contributed by atoms with van der Waals surface area (Å²) in [5.74, 6) is 0.524. The molecule has 0 aliphatic rings. The molecule has 0 saturated carbocycles. The number of nitrogens with one attached hydrogen (secondary N) is 1. The van der Waals surface area contributed by atoms with Gasteiger partial charge in [0, 0.05) is 11.4 Å². The van der Waals surface area contributed by atoms with Crippen LogP contribution >= 0.6 is 11.3 Å². The third-order valence-electron chi connectivity index (χ3n) is 3.02. The quantitative estimate of drug-likeness (QED) is 0.910. The summed E-state index contributed by atoms with van der Waals surface area (Å²) in [7, 11) is 3.44. The summed E-state index contributed by atoms with van der Waals surface area (Å²) >= 11 is 1.52. The van der Waals surface area contributed by atoms with Crippen LogP contribution in [0.4, 0.5) is 4.39 Å². The molecule has 0 aliphatic heterocycles. The average Bonchev–Trinajstić information content (AvgIpc) is 2.82. The Hall–Kier alpha value is -1.46. The van der Waals surface area contributed by atoms with Crippen LogP contribution in [-0.4, -0.2) is 19.1 Å². The minimum Gasteiger partial charge on any atom is -0.496 e. The van der Waals surface area contributed by atoms with Crippen LogP contribution in [0.5, 0.6) is 5.75 Å². The molecule has 1 N–H and O–H groups in total. The summed E-state index contributed by atoms with van der Waals surface area (Å²) in [6.07, 6.45) is 0. The minimum absolute atomic E-state index is 0.301. The summed E-state index contributed by atoms with van der Waals surface area (Å²) < 4.78 is 19.4. The lowest BCUT2D eigenvalue weighted by molar-refractivity contribution is 0.413. The molecule has 0 fully saturated rings. The summed E-state index contributed by atoms with van der Waals surface area (Å²) in [6.45, 7) is 4.93. The number of methoxy groups -OCH3 is 1. The van der Waals surface area contributed by atoms with Crippen molar-refractivity contribution in [1.29, 1.82) is 0 Å². The first-order valence-electron chi connectivity index (χ1n) is 6.55. The molecule has 1 heterocycles. The van der Waals surface area contributed by atoms with Crippen molar-refractivity contribution < 1.29 is 9.13 Å². The maximum absolute atomic E-state index is 14.1. The van der Waals surface area contributed by atoms with Gasteiger partial charge in [0.2, 0.25) is 0 Å². The van der Waals surface area contributed by atoms with Gasteiger partial charge in [0.15, 0.2) is 0 Å². The predicted molar refractivity (Wildman–Crippen MR) is 80.9 cm³/mol. The highest BCUT2D eigenvalue weighted by molar-refractivity contribution is 7.15. The molecular weight excluding hydrogens is 275 g/mol. The molecule has 0 aliphatic carbocycles. The monoisotopic (exact) mass is 294 g/mol. The zero-order chi connectivity index (χ0) is 14.7. The molecule has 0 amide bonds. The van der Waals surface area contributed by atoms with Crippen molar-refractivity contribution in [2.24, 2.45) is 0 Å². The lowest BCUT2D eigenvalue weighted by Crippen LogP contribution is -2.06. The smallest absolute Gasteiger partial charge is 0.137 e. The molecule has 0 bridgehead atoms. The van der Waals surface area contributed by atoms with Gasteiger partial charge < -0.3 is 10.1 Å². The van der Waals surface area contributed by atoms with Crippen LogP contribution in [0.2, 0.25) is 0 Å². The summed E-state index contributed by atoms with van der Waals surface area (Å²) in [6, 6.07) is 4.84. The zero-order valence-corrected chi connectivity index (χ0v) is 13.0. The summed E-state index contributed by atoms with van der Waals surface area (Å²) in [5.41, 5.74) is 1.47. The van der Waals surface area contributed by atoms with Crippen LogP contribution in [0, 0.1) is 5.82 Å². The van der Waals surface area contributed by atoms with E-state index in [1.165, 1.54) is 17.4 Å². The molecule has 2 aromatic rings. The highest BCUT2D eigenvalue weighted by atomic mass is 32.1. The van der Waals surface area contributed by atoms with Gasteiger partial charge in [-0.15, -0.1) is 11.3 Å². The molecule has 5 heteroatoms. The molecule has 0 unspecified atom stereocenters. The van der Waals surface area contributed by atoms with Crippen molar-refractivity contribution in [3.05, 3.63) is 34.6 Å². The van der Waals surface area contributed by atoms with Crippen molar-refractivity contribution in [3.63, 3.8) is 0 Å². The summed E-state index contributed by atoms with van der Waals surface area (Å²) in [4.78, 5) is 5.77. The van der Waals surface area contributed by atoms with Crippen LogP contribution in [-0.2, 0) is 6.54 Å². The van der Waals surface area contributed by atoms with Crippen LogP contribution in [0.1, 0.15) is 30.3 Å².